The zero-order valence-corrected chi connectivity index (χ0v) is 21.2. The quantitative estimate of drug-likeness (QED) is 0.263. The molecule has 4 aromatic rings. The normalized spacial score (nSPS) is 11.5. The van der Waals surface area contributed by atoms with Crippen molar-refractivity contribution < 1.29 is 27.2 Å². The molecule has 0 saturated carbocycles. The van der Waals surface area contributed by atoms with E-state index in [-0.39, 0.29) is 24.6 Å². The summed E-state index contributed by atoms with van der Waals surface area (Å²) in [6.45, 7) is 3.59. The number of nitrogens with one attached hydrogen (secondary N) is 1. The maximum atomic E-state index is 13.5. The molecule has 0 bridgehead atoms. The number of alkyl halides is 3. The van der Waals surface area contributed by atoms with Gasteiger partial charge < -0.3 is 10.2 Å². The average Bonchev–Trinajstić information content (AvgIpc) is 3.31. The Morgan fingerprint density at radius 1 is 0.949 bits per heavy atom. The first-order chi connectivity index (χ1) is 18.5. The molecule has 0 aliphatic carbocycles. The van der Waals surface area contributed by atoms with Crippen LogP contribution < -0.4 is 5.32 Å². The molecule has 0 atom stereocenters. The molecule has 0 aliphatic rings. The van der Waals surface area contributed by atoms with Crippen molar-refractivity contribution in [3.63, 3.8) is 0 Å². The fraction of sp³-hybridized carbons (Fsp3) is 0.207. The largest absolute Gasteiger partial charge is 0.416 e. The Bertz CT molecular complexity index is 1430. The number of amides is 2. The maximum absolute atomic E-state index is 13.5. The van der Waals surface area contributed by atoms with E-state index in [1.54, 1.807) is 6.07 Å². The lowest BCUT2D eigenvalue weighted by Gasteiger charge is -2.24. The van der Waals surface area contributed by atoms with Crippen LogP contribution in [0, 0.1) is 11.7 Å². The lowest BCUT2D eigenvalue weighted by atomic mass is 10.1. The molecule has 3 aromatic carbocycles. The number of aromatic nitrogens is 2. The Morgan fingerprint density at radius 2 is 1.59 bits per heavy atom. The molecule has 0 radical (unpaired) electrons. The topological polar surface area (TPSA) is 67.2 Å². The predicted molar refractivity (Wildman–Crippen MR) is 140 cm³/mol. The minimum absolute atomic E-state index is 0.00868. The molecule has 0 aliphatic heterocycles. The van der Waals surface area contributed by atoms with Crippen LogP contribution in [-0.4, -0.2) is 39.6 Å². The van der Waals surface area contributed by atoms with E-state index in [1.165, 1.54) is 33.8 Å². The smallest absolute Gasteiger partial charge is 0.329 e. The van der Waals surface area contributed by atoms with Crippen LogP contribution >= 0.6 is 0 Å². The number of hydrogen-bond donors (Lipinski definition) is 1. The molecule has 0 spiro atoms. The first kappa shape index (κ1) is 27.6. The van der Waals surface area contributed by atoms with Crippen LogP contribution in [0.2, 0.25) is 0 Å². The van der Waals surface area contributed by atoms with Gasteiger partial charge in [0.25, 0.3) is 5.91 Å². The second-order valence-electron chi connectivity index (χ2n) is 9.37. The minimum Gasteiger partial charge on any atom is -0.329 e. The van der Waals surface area contributed by atoms with Gasteiger partial charge in [0.05, 0.1) is 16.9 Å². The monoisotopic (exact) mass is 538 g/mol. The molecule has 1 heterocycles. The third-order valence-electron chi connectivity index (χ3n) is 5.78. The van der Waals surface area contributed by atoms with Crippen LogP contribution in [0.25, 0.3) is 16.9 Å². The van der Waals surface area contributed by atoms with Gasteiger partial charge in [-0.2, -0.15) is 18.3 Å². The zero-order chi connectivity index (χ0) is 28.2. The van der Waals surface area contributed by atoms with Crippen molar-refractivity contribution in [2.45, 2.75) is 20.0 Å². The van der Waals surface area contributed by atoms with Crippen LogP contribution in [0.15, 0.2) is 84.9 Å². The lowest BCUT2D eigenvalue weighted by molar-refractivity contribution is -0.137. The van der Waals surface area contributed by atoms with Gasteiger partial charge in [-0.3, -0.25) is 9.59 Å². The Morgan fingerprint density at radius 3 is 2.18 bits per heavy atom. The van der Waals surface area contributed by atoms with E-state index < -0.39 is 29.4 Å². The van der Waals surface area contributed by atoms with Crippen LogP contribution in [0.1, 0.15) is 29.8 Å². The Hall–Kier alpha value is -4.47. The summed E-state index contributed by atoms with van der Waals surface area (Å²) in [5, 5.41) is 7.36. The molecule has 202 valence electrons. The Balaban J connectivity index is 1.59. The van der Waals surface area contributed by atoms with E-state index in [4.69, 9.17) is 0 Å². The van der Waals surface area contributed by atoms with Gasteiger partial charge in [-0.05, 0) is 54.4 Å². The van der Waals surface area contributed by atoms with Crippen LogP contribution in [0.5, 0.6) is 0 Å². The van der Waals surface area contributed by atoms with E-state index >= 15 is 0 Å². The molecule has 4 rings (SSSR count). The minimum atomic E-state index is -4.52. The molecule has 0 unspecified atom stereocenters. The second-order valence-corrected chi connectivity index (χ2v) is 9.37. The van der Waals surface area contributed by atoms with Crippen molar-refractivity contribution in [3.05, 3.63) is 102 Å². The van der Waals surface area contributed by atoms with E-state index in [9.17, 15) is 27.2 Å². The number of halogens is 4. The highest BCUT2D eigenvalue weighted by molar-refractivity contribution is 5.99. The predicted octanol–water partition coefficient (Wildman–Crippen LogP) is 6.43. The number of carbonyl (C=O) groups is 2. The third-order valence-corrected chi connectivity index (χ3v) is 5.78. The molecule has 1 N–H and O–H groups in total. The summed E-state index contributed by atoms with van der Waals surface area (Å²) in [4.78, 5) is 27.6. The second kappa shape index (κ2) is 11.5. The highest BCUT2D eigenvalue weighted by Crippen LogP contribution is 2.29. The number of benzene rings is 3. The molecule has 0 fully saturated rings. The van der Waals surface area contributed by atoms with Gasteiger partial charge in [0.1, 0.15) is 18.2 Å². The first-order valence-corrected chi connectivity index (χ1v) is 12.2. The van der Waals surface area contributed by atoms with Gasteiger partial charge in [0, 0.05) is 23.7 Å². The molecule has 2 amide bonds. The molecule has 1 aromatic heterocycles. The van der Waals surface area contributed by atoms with E-state index in [1.807, 2.05) is 44.2 Å². The standard InChI is InChI=1S/C29H26F4N4O2/c1-19(2)17-36(28(39)21-8-10-22(11-9-21)29(31,32)33)18-27(38)34-26-16-25(20-6-4-3-5-7-20)35-37(26)24-14-12-23(30)13-15-24/h3-16,19H,17-18H2,1-2H3,(H,34,38). The summed E-state index contributed by atoms with van der Waals surface area (Å²) in [6.07, 6.45) is -4.52. The SMILES string of the molecule is CC(C)CN(CC(=O)Nc1cc(-c2ccccc2)nn1-c1ccc(F)cc1)C(=O)c1ccc(C(F)(F)F)cc1. The Labute approximate surface area is 222 Å². The van der Waals surface area contributed by atoms with Gasteiger partial charge in [-0.15, -0.1) is 0 Å². The van der Waals surface area contributed by atoms with E-state index in [0.29, 0.717) is 17.2 Å². The summed E-state index contributed by atoms with van der Waals surface area (Å²) < 4.78 is 53.8. The summed E-state index contributed by atoms with van der Waals surface area (Å²) in [6, 6.07) is 20.4. The lowest BCUT2D eigenvalue weighted by Crippen LogP contribution is -2.40. The van der Waals surface area contributed by atoms with E-state index in [2.05, 4.69) is 10.4 Å². The number of nitrogens with zero attached hydrogens (tertiary/aromatic N) is 3. The fourth-order valence-electron chi connectivity index (χ4n) is 4.00. The van der Waals surface area contributed by atoms with Crippen molar-refractivity contribution in [1.82, 2.24) is 14.7 Å². The van der Waals surface area contributed by atoms with Crippen molar-refractivity contribution in [2.24, 2.45) is 5.92 Å². The summed E-state index contributed by atoms with van der Waals surface area (Å²) in [5.41, 5.74) is 1.05. The molecular weight excluding hydrogens is 512 g/mol. The zero-order valence-electron chi connectivity index (χ0n) is 21.2. The van der Waals surface area contributed by atoms with Crippen LogP contribution in [0.3, 0.4) is 0 Å². The number of hydrogen-bond acceptors (Lipinski definition) is 3. The molecular formula is C29H26F4N4O2. The van der Waals surface area contributed by atoms with Crippen molar-refractivity contribution >= 4 is 17.6 Å². The highest BCUT2D eigenvalue weighted by Gasteiger charge is 2.30. The molecule has 39 heavy (non-hydrogen) atoms. The highest BCUT2D eigenvalue weighted by atomic mass is 19.4. The number of anilines is 1. The van der Waals surface area contributed by atoms with Gasteiger partial charge in [-0.1, -0.05) is 44.2 Å². The summed E-state index contributed by atoms with van der Waals surface area (Å²) in [7, 11) is 0. The molecule has 10 heteroatoms. The Kier molecular flexibility index (Phi) is 8.13. The third kappa shape index (κ3) is 6.90. The van der Waals surface area contributed by atoms with Crippen LogP contribution in [0.4, 0.5) is 23.4 Å². The first-order valence-electron chi connectivity index (χ1n) is 12.2. The van der Waals surface area contributed by atoms with Crippen molar-refractivity contribution in [1.29, 1.82) is 0 Å². The van der Waals surface area contributed by atoms with Gasteiger partial charge in [-0.25, -0.2) is 9.07 Å². The molecule has 0 saturated heterocycles. The van der Waals surface area contributed by atoms with Crippen molar-refractivity contribution in [3.8, 4) is 16.9 Å². The fourth-order valence-corrected chi connectivity index (χ4v) is 4.00. The average molecular weight is 539 g/mol. The summed E-state index contributed by atoms with van der Waals surface area (Å²) >= 11 is 0. The van der Waals surface area contributed by atoms with Gasteiger partial charge >= 0.3 is 6.18 Å². The van der Waals surface area contributed by atoms with Crippen molar-refractivity contribution in [2.75, 3.05) is 18.4 Å². The van der Waals surface area contributed by atoms with E-state index in [0.717, 1.165) is 29.8 Å². The number of carbonyl (C=O) groups excluding carboxylic acids is 2. The summed E-state index contributed by atoms with van der Waals surface area (Å²) in [5.74, 6) is -1.23. The van der Waals surface area contributed by atoms with Crippen LogP contribution in [-0.2, 0) is 11.0 Å². The van der Waals surface area contributed by atoms with Gasteiger partial charge in [0.2, 0.25) is 5.91 Å². The molecule has 6 nitrogen and oxygen atoms in total. The maximum Gasteiger partial charge on any atom is 0.416 e. The van der Waals surface area contributed by atoms with Gasteiger partial charge in [0.15, 0.2) is 0 Å². The number of rotatable bonds is 8.